The Kier molecular flexibility index (Phi) is 5.14. The van der Waals surface area contributed by atoms with Crippen LogP contribution < -0.4 is 4.72 Å². The van der Waals surface area contributed by atoms with Crippen molar-refractivity contribution in [3.63, 3.8) is 0 Å². The number of sulfone groups is 1. The van der Waals surface area contributed by atoms with Gasteiger partial charge >= 0.3 is 5.97 Å². The van der Waals surface area contributed by atoms with Gasteiger partial charge in [-0.25, -0.2) is 26.4 Å². The summed E-state index contributed by atoms with van der Waals surface area (Å²) in [6.45, 7) is -0.299. The first kappa shape index (κ1) is 16.9. The molecule has 7 nitrogen and oxygen atoms in total. The van der Waals surface area contributed by atoms with Gasteiger partial charge < -0.3 is 5.11 Å². The van der Waals surface area contributed by atoms with E-state index in [1.54, 1.807) is 0 Å². The Morgan fingerprint density at radius 1 is 1.30 bits per heavy atom. The SMILES string of the molecule is CS(=O)(=O)CCNS(=O)(=O)c1ccc(Cl)c(C(=O)O)c1. The van der Waals surface area contributed by atoms with Gasteiger partial charge in [0.2, 0.25) is 10.0 Å². The van der Waals surface area contributed by atoms with Crippen LogP contribution in [-0.2, 0) is 19.9 Å². The highest BCUT2D eigenvalue weighted by molar-refractivity contribution is 7.91. The molecule has 2 N–H and O–H groups in total. The molecule has 0 bridgehead atoms. The molecule has 0 spiro atoms. The van der Waals surface area contributed by atoms with Crippen molar-refractivity contribution in [3.8, 4) is 0 Å². The van der Waals surface area contributed by atoms with E-state index >= 15 is 0 Å². The van der Waals surface area contributed by atoms with Crippen molar-refractivity contribution in [2.75, 3.05) is 18.6 Å². The number of sulfonamides is 1. The van der Waals surface area contributed by atoms with Gasteiger partial charge in [0.1, 0.15) is 9.84 Å². The van der Waals surface area contributed by atoms with Crippen LogP contribution in [0.4, 0.5) is 0 Å². The molecule has 0 saturated carbocycles. The van der Waals surface area contributed by atoms with Crippen molar-refractivity contribution in [1.82, 2.24) is 4.72 Å². The van der Waals surface area contributed by atoms with E-state index in [0.717, 1.165) is 24.5 Å². The van der Waals surface area contributed by atoms with Crippen molar-refractivity contribution >= 4 is 37.4 Å². The number of hydrogen-bond acceptors (Lipinski definition) is 5. The molecule has 10 heteroatoms. The Bertz CT molecular complexity index is 726. The van der Waals surface area contributed by atoms with E-state index in [-0.39, 0.29) is 27.8 Å². The molecule has 0 unspecified atom stereocenters. The second-order valence-electron chi connectivity index (χ2n) is 3.97. The van der Waals surface area contributed by atoms with Crippen molar-refractivity contribution in [3.05, 3.63) is 28.8 Å². The number of benzene rings is 1. The van der Waals surface area contributed by atoms with Crippen LogP contribution in [0.15, 0.2) is 23.1 Å². The molecule has 0 saturated heterocycles. The minimum absolute atomic E-state index is 0.0902. The maximum Gasteiger partial charge on any atom is 0.337 e. The third kappa shape index (κ3) is 4.75. The van der Waals surface area contributed by atoms with Crippen molar-refractivity contribution in [2.45, 2.75) is 4.90 Å². The third-order valence-corrected chi connectivity index (χ3v) is 4.98. The van der Waals surface area contributed by atoms with Crippen LogP contribution in [-0.4, -0.2) is 46.5 Å². The fraction of sp³-hybridized carbons (Fsp3) is 0.300. The van der Waals surface area contributed by atoms with Gasteiger partial charge in [0, 0.05) is 12.8 Å². The van der Waals surface area contributed by atoms with Crippen LogP contribution >= 0.6 is 11.6 Å². The topological polar surface area (TPSA) is 118 Å². The second kappa shape index (κ2) is 6.08. The fourth-order valence-corrected chi connectivity index (χ4v) is 3.14. The number of carboxylic acids is 1. The zero-order valence-corrected chi connectivity index (χ0v) is 12.7. The lowest BCUT2D eigenvalue weighted by atomic mass is 10.2. The van der Waals surface area contributed by atoms with E-state index < -0.39 is 25.8 Å². The molecule has 0 aliphatic carbocycles. The van der Waals surface area contributed by atoms with Gasteiger partial charge in [-0.3, -0.25) is 0 Å². The molecule has 0 amide bonds. The molecule has 0 heterocycles. The van der Waals surface area contributed by atoms with Gasteiger partial charge in [0.25, 0.3) is 0 Å². The highest BCUT2D eigenvalue weighted by Gasteiger charge is 2.18. The van der Waals surface area contributed by atoms with Crippen molar-refractivity contribution in [2.24, 2.45) is 0 Å². The summed E-state index contributed by atoms with van der Waals surface area (Å²) in [5.41, 5.74) is -0.349. The van der Waals surface area contributed by atoms with E-state index in [1.807, 2.05) is 0 Å². The van der Waals surface area contributed by atoms with E-state index in [2.05, 4.69) is 4.72 Å². The molecule has 1 aromatic rings. The molecule has 112 valence electrons. The largest absolute Gasteiger partial charge is 0.478 e. The third-order valence-electron chi connectivity index (χ3n) is 2.24. The summed E-state index contributed by atoms with van der Waals surface area (Å²) in [4.78, 5) is 10.6. The molecule has 20 heavy (non-hydrogen) atoms. The molecule has 0 fully saturated rings. The lowest BCUT2D eigenvalue weighted by Crippen LogP contribution is -2.29. The minimum atomic E-state index is -3.99. The Morgan fingerprint density at radius 2 is 1.90 bits per heavy atom. The lowest BCUT2D eigenvalue weighted by Gasteiger charge is -2.07. The molecule has 0 radical (unpaired) electrons. The number of carbonyl (C=O) groups is 1. The Labute approximate surface area is 121 Å². The van der Waals surface area contributed by atoms with Crippen LogP contribution in [0.25, 0.3) is 0 Å². The number of hydrogen-bond donors (Lipinski definition) is 2. The molecule has 0 aliphatic rings. The van der Waals surface area contributed by atoms with Crippen LogP contribution in [0.5, 0.6) is 0 Å². The summed E-state index contributed by atoms with van der Waals surface area (Å²) in [5, 5.41) is 8.77. The van der Waals surface area contributed by atoms with Crippen LogP contribution in [0.2, 0.25) is 5.02 Å². The van der Waals surface area contributed by atoms with Crippen LogP contribution in [0.1, 0.15) is 10.4 Å². The lowest BCUT2D eigenvalue weighted by molar-refractivity contribution is 0.0697. The molecule has 0 atom stereocenters. The average Bonchev–Trinajstić information content (AvgIpc) is 2.26. The van der Waals surface area contributed by atoms with Crippen molar-refractivity contribution < 1.29 is 26.7 Å². The molecular formula is C10H12ClNO6S2. The standard InChI is InChI=1S/C10H12ClNO6S2/c1-19(15,16)5-4-12-20(17,18)7-2-3-9(11)8(6-7)10(13)14/h2-3,6,12H,4-5H2,1H3,(H,13,14). The predicted octanol–water partition coefficient (Wildman–Crippen LogP) is 0.361. The highest BCUT2D eigenvalue weighted by Crippen LogP contribution is 2.20. The number of halogens is 1. The van der Waals surface area contributed by atoms with Gasteiger partial charge in [-0.15, -0.1) is 0 Å². The zero-order chi connectivity index (χ0) is 15.6. The smallest absolute Gasteiger partial charge is 0.337 e. The molecule has 1 aromatic carbocycles. The second-order valence-corrected chi connectivity index (χ2v) is 8.41. The summed E-state index contributed by atoms with van der Waals surface area (Å²) < 4.78 is 47.6. The fourth-order valence-electron chi connectivity index (χ4n) is 1.28. The molecule has 0 aliphatic heterocycles. The first-order valence-electron chi connectivity index (χ1n) is 5.23. The maximum absolute atomic E-state index is 11.9. The Hall–Kier alpha value is -1.16. The van der Waals surface area contributed by atoms with Gasteiger partial charge in [0.05, 0.1) is 21.2 Å². The average molecular weight is 342 g/mol. The quantitative estimate of drug-likeness (QED) is 0.771. The van der Waals surface area contributed by atoms with Gasteiger partial charge in [-0.05, 0) is 18.2 Å². The van der Waals surface area contributed by atoms with Crippen LogP contribution in [0.3, 0.4) is 0 Å². The predicted molar refractivity (Wildman–Crippen MR) is 73.3 cm³/mol. The van der Waals surface area contributed by atoms with Crippen molar-refractivity contribution in [1.29, 1.82) is 0 Å². The van der Waals surface area contributed by atoms with Gasteiger partial charge in [-0.2, -0.15) is 0 Å². The summed E-state index contributed by atoms with van der Waals surface area (Å²) in [7, 11) is -7.29. The van der Waals surface area contributed by atoms with Gasteiger partial charge in [0.15, 0.2) is 0 Å². The zero-order valence-electron chi connectivity index (χ0n) is 10.3. The van der Waals surface area contributed by atoms with E-state index in [4.69, 9.17) is 16.7 Å². The Morgan fingerprint density at radius 3 is 2.40 bits per heavy atom. The maximum atomic E-state index is 11.9. The number of carboxylic acid groups (broad SMARTS) is 1. The van der Waals surface area contributed by atoms with Gasteiger partial charge in [-0.1, -0.05) is 11.6 Å². The minimum Gasteiger partial charge on any atom is -0.478 e. The monoisotopic (exact) mass is 341 g/mol. The highest BCUT2D eigenvalue weighted by atomic mass is 35.5. The first-order valence-corrected chi connectivity index (χ1v) is 9.15. The molecule has 0 aromatic heterocycles. The summed E-state index contributed by atoms with van der Waals surface area (Å²) in [5.74, 6) is -1.71. The number of aromatic carboxylic acids is 1. The van der Waals surface area contributed by atoms with Crippen LogP contribution in [0, 0.1) is 0 Å². The van der Waals surface area contributed by atoms with E-state index in [9.17, 15) is 21.6 Å². The summed E-state index contributed by atoms with van der Waals surface area (Å²) >= 11 is 5.63. The van der Waals surface area contributed by atoms with E-state index in [1.165, 1.54) is 0 Å². The number of rotatable bonds is 6. The first-order chi connectivity index (χ1) is 9.03. The summed E-state index contributed by atoms with van der Waals surface area (Å²) in [6.07, 6.45) is 0.978. The van der Waals surface area contributed by atoms with E-state index in [0.29, 0.717) is 0 Å². The molecule has 1 rings (SSSR count). The number of nitrogens with one attached hydrogen (secondary N) is 1. The molecular weight excluding hydrogens is 330 g/mol. The normalized spacial score (nSPS) is 12.3. The Balaban J connectivity index is 2.99. The summed E-state index contributed by atoms with van der Waals surface area (Å²) in [6, 6.07) is 3.20.